The van der Waals surface area contributed by atoms with Crippen LogP contribution < -0.4 is 9.47 Å². The van der Waals surface area contributed by atoms with Gasteiger partial charge < -0.3 is 14.2 Å². The standard InChI is InChI=1S/C28H33N3O3S/c1-32-13-14-35-28-29-17-25(21-5-3-7-24(16-21)33-2)27(30-28)23-6-4-11-31(19-23)18-20-8-9-26-22(15-20)10-12-34-26/h3,5,7-9,15-17,23H,4,6,10-14,18-19H2,1-2H3. The fourth-order valence-electron chi connectivity index (χ4n) is 5.01. The van der Waals surface area contributed by atoms with Crippen molar-refractivity contribution in [1.82, 2.24) is 14.9 Å². The maximum atomic E-state index is 5.69. The number of hydrogen-bond acceptors (Lipinski definition) is 7. The predicted octanol–water partition coefficient (Wildman–Crippen LogP) is 5.21. The van der Waals surface area contributed by atoms with E-state index >= 15 is 0 Å². The van der Waals surface area contributed by atoms with Crippen molar-refractivity contribution in [2.24, 2.45) is 0 Å². The zero-order valence-electron chi connectivity index (χ0n) is 20.5. The largest absolute Gasteiger partial charge is 0.497 e. The molecule has 1 fully saturated rings. The monoisotopic (exact) mass is 491 g/mol. The highest BCUT2D eigenvalue weighted by atomic mass is 32.2. The summed E-state index contributed by atoms with van der Waals surface area (Å²) in [5.41, 5.74) is 6.04. The fraction of sp³-hybridized carbons (Fsp3) is 0.429. The number of thioether (sulfide) groups is 1. The van der Waals surface area contributed by atoms with Crippen molar-refractivity contribution < 1.29 is 14.2 Å². The second kappa shape index (κ2) is 11.4. The first-order valence-corrected chi connectivity index (χ1v) is 13.3. The highest BCUT2D eigenvalue weighted by Crippen LogP contribution is 2.36. The molecule has 0 N–H and O–H groups in total. The van der Waals surface area contributed by atoms with E-state index in [0.717, 1.165) is 84.7 Å². The molecule has 2 aliphatic heterocycles. The van der Waals surface area contributed by atoms with E-state index in [-0.39, 0.29) is 0 Å². The molecule has 1 aromatic heterocycles. The third kappa shape index (κ3) is 5.80. The van der Waals surface area contributed by atoms with Crippen molar-refractivity contribution >= 4 is 11.8 Å². The van der Waals surface area contributed by atoms with Crippen LogP contribution in [-0.4, -0.2) is 61.1 Å². The minimum absolute atomic E-state index is 0.354. The summed E-state index contributed by atoms with van der Waals surface area (Å²) in [7, 11) is 3.43. The Morgan fingerprint density at radius 2 is 2.11 bits per heavy atom. The van der Waals surface area contributed by atoms with Crippen LogP contribution in [0.25, 0.3) is 11.1 Å². The molecule has 0 spiro atoms. The molecule has 0 bridgehead atoms. The number of rotatable bonds is 9. The van der Waals surface area contributed by atoms with E-state index in [9.17, 15) is 0 Å². The number of methoxy groups -OCH3 is 2. The summed E-state index contributed by atoms with van der Waals surface area (Å²) in [5, 5.41) is 0.819. The van der Waals surface area contributed by atoms with Gasteiger partial charge in [-0.2, -0.15) is 0 Å². The highest BCUT2D eigenvalue weighted by molar-refractivity contribution is 7.99. The van der Waals surface area contributed by atoms with Crippen molar-refractivity contribution in [2.75, 3.05) is 46.3 Å². The maximum Gasteiger partial charge on any atom is 0.187 e. The van der Waals surface area contributed by atoms with E-state index in [4.69, 9.17) is 19.2 Å². The molecular formula is C28H33N3O3S. The fourth-order valence-corrected chi connectivity index (χ4v) is 5.73. The molecule has 1 saturated heterocycles. The summed E-state index contributed by atoms with van der Waals surface area (Å²) >= 11 is 1.65. The number of aromatic nitrogens is 2. The molecule has 2 aliphatic rings. The van der Waals surface area contributed by atoms with Gasteiger partial charge in [-0.1, -0.05) is 36.0 Å². The first-order valence-electron chi connectivity index (χ1n) is 12.3. The molecule has 0 radical (unpaired) electrons. The minimum atomic E-state index is 0.354. The Balaban J connectivity index is 1.40. The zero-order valence-corrected chi connectivity index (χ0v) is 21.4. The Hall–Kier alpha value is -2.61. The Labute approximate surface area is 212 Å². The average molecular weight is 492 g/mol. The number of hydrogen-bond donors (Lipinski definition) is 0. The van der Waals surface area contributed by atoms with E-state index in [1.165, 1.54) is 11.1 Å². The summed E-state index contributed by atoms with van der Waals surface area (Å²) < 4.78 is 16.4. The molecule has 1 unspecified atom stereocenters. The number of piperidine rings is 1. The van der Waals surface area contributed by atoms with Crippen molar-refractivity contribution in [2.45, 2.75) is 36.9 Å². The van der Waals surface area contributed by atoms with Crippen LogP contribution in [0.3, 0.4) is 0 Å². The van der Waals surface area contributed by atoms with E-state index < -0.39 is 0 Å². The van der Waals surface area contributed by atoms with Crippen molar-refractivity contribution in [3.63, 3.8) is 0 Å². The van der Waals surface area contributed by atoms with Gasteiger partial charge in [0.25, 0.3) is 0 Å². The lowest BCUT2D eigenvalue weighted by Gasteiger charge is -2.33. The van der Waals surface area contributed by atoms with Gasteiger partial charge in [-0.05, 0) is 54.3 Å². The molecule has 3 heterocycles. The Morgan fingerprint density at radius 3 is 3.00 bits per heavy atom. The number of benzene rings is 2. The molecular weight excluding hydrogens is 458 g/mol. The summed E-state index contributed by atoms with van der Waals surface area (Å²) in [6, 6.07) is 14.9. The Morgan fingerprint density at radius 1 is 1.17 bits per heavy atom. The maximum absolute atomic E-state index is 5.69. The molecule has 7 heteroatoms. The molecule has 35 heavy (non-hydrogen) atoms. The number of fused-ring (bicyclic) bond motifs is 1. The lowest BCUT2D eigenvalue weighted by atomic mass is 9.89. The zero-order chi connectivity index (χ0) is 24.0. The van der Waals surface area contributed by atoms with Gasteiger partial charge in [0.05, 0.1) is 26.0 Å². The van der Waals surface area contributed by atoms with Crippen LogP contribution in [0.15, 0.2) is 53.8 Å². The van der Waals surface area contributed by atoms with Gasteiger partial charge >= 0.3 is 0 Å². The molecule has 2 aromatic carbocycles. The second-order valence-electron chi connectivity index (χ2n) is 9.14. The summed E-state index contributed by atoms with van der Waals surface area (Å²) in [4.78, 5) is 12.4. The summed E-state index contributed by atoms with van der Waals surface area (Å²) in [6.45, 7) is 4.54. The van der Waals surface area contributed by atoms with Crippen LogP contribution in [-0.2, 0) is 17.7 Å². The van der Waals surface area contributed by atoms with Crippen molar-refractivity contribution in [3.05, 3.63) is 65.5 Å². The van der Waals surface area contributed by atoms with Crippen LogP contribution in [0.5, 0.6) is 11.5 Å². The SMILES string of the molecule is COCCSc1ncc(-c2cccc(OC)c2)c(C2CCCN(Cc3ccc4c(c3)CCO4)C2)n1. The molecule has 3 aromatic rings. The normalized spacial score (nSPS) is 17.7. The smallest absolute Gasteiger partial charge is 0.187 e. The topological polar surface area (TPSA) is 56.7 Å². The van der Waals surface area contributed by atoms with E-state index in [1.54, 1.807) is 26.0 Å². The molecule has 0 aliphatic carbocycles. The molecule has 6 nitrogen and oxygen atoms in total. The van der Waals surface area contributed by atoms with Crippen LogP contribution in [0.1, 0.15) is 35.6 Å². The van der Waals surface area contributed by atoms with Gasteiger partial charge in [0.1, 0.15) is 11.5 Å². The number of nitrogens with zero attached hydrogens (tertiary/aromatic N) is 3. The quantitative estimate of drug-likeness (QED) is 0.231. The minimum Gasteiger partial charge on any atom is -0.497 e. The van der Waals surface area contributed by atoms with E-state index in [1.807, 2.05) is 18.3 Å². The van der Waals surface area contributed by atoms with Gasteiger partial charge in [0.15, 0.2) is 5.16 Å². The third-order valence-electron chi connectivity index (χ3n) is 6.75. The molecule has 0 amide bonds. The van der Waals surface area contributed by atoms with Crippen molar-refractivity contribution in [1.29, 1.82) is 0 Å². The number of ether oxygens (including phenoxy) is 3. The second-order valence-corrected chi connectivity index (χ2v) is 10.2. The average Bonchev–Trinajstić information content (AvgIpc) is 3.37. The summed E-state index contributed by atoms with van der Waals surface area (Å²) in [6.07, 6.45) is 5.29. The first kappa shape index (κ1) is 24.1. The van der Waals surface area contributed by atoms with Gasteiger partial charge in [-0.25, -0.2) is 9.97 Å². The van der Waals surface area contributed by atoms with E-state index in [0.29, 0.717) is 12.5 Å². The highest BCUT2D eigenvalue weighted by Gasteiger charge is 2.26. The summed E-state index contributed by atoms with van der Waals surface area (Å²) in [5.74, 6) is 3.09. The molecule has 0 saturated carbocycles. The van der Waals surface area contributed by atoms with Gasteiger partial charge in [-0.3, -0.25) is 4.90 Å². The van der Waals surface area contributed by atoms with Gasteiger partial charge in [0.2, 0.25) is 0 Å². The molecule has 184 valence electrons. The van der Waals surface area contributed by atoms with Gasteiger partial charge in [-0.15, -0.1) is 0 Å². The van der Waals surface area contributed by atoms with Crippen molar-refractivity contribution in [3.8, 4) is 22.6 Å². The Bertz CT molecular complexity index is 1160. The predicted molar refractivity (Wildman–Crippen MR) is 140 cm³/mol. The molecule has 5 rings (SSSR count). The Kier molecular flexibility index (Phi) is 7.86. The third-order valence-corrected chi connectivity index (χ3v) is 7.57. The number of likely N-dealkylation sites (tertiary alicyclic amines) is 1. The van der Waals surface area contributed by atoms with Crippen LogP contribution >= 0.6 is 11.8 Å². The lowest BCUT2D eigenvalue weighted by Crippen LogP contribution is -2.34. The lowest BCUT2D eigenvalue weighted by molar-refractivity contribution is 0.198. The van der Waals surface area contributed by atoms with E-state index in [2.05, 4.69) is 40.2 Å². The van der Waals surface area contributed by atoms with Crippen LogP contribution in [0.2, 0.25) is 0 Å². The van der Waals surface area contributed by atoms with Crippen LogP contribution in [0.4, 0.5) is 0 Å². The van der Waals surface area contributed by atoms with Gasteiger partial charge in [0, 0.05) is 50.1 Å². The van der Waals surface area contributed by atoms with Crippen LogP contribution in [0, 0.1) is 0 Å². The first-order chi connectivity index (χ1) is 17.2. The molecule has 1 atom stereocenters.